The van der Waals surface area contributed by atoms with Gasteiger partial charge in [0.25, 0.3) is 0 Å². The van der Waals surface area contributed by atoms with Crippen LogP contribution in [0.15, 0.2) is 18.2 Å². The predicted molar refractivity (Wildman–Crippen MR) is 59.7 cm³/mol. The number of aryl methyl sites for hydroxylation is 2. The summed E-state index contributed by atoms with van der Waals surface area (Å²) in [5.74, 6) is -0.458. The zero-order valence-corrected chi connectivity index (χ0v) is 8.11. The predicted octanol–water partition coefficient (Wildman–Crippen LogP) is 1.79. The van der Waals surface area contributed by atoms with Crippen molar-refractivity contribution in [3.8, 4) is 5.75 Å². The minimum atomic E-state index is -2.99. The van der Waals surface area contributed by atoms with Crippen molar-refractivity contribution in [2.24, 2.45) is 0 Å². The summed E-state index contributed by atoms with van der Waals surface area (Å²) in [4.78, 5) is 11.3. The smallest absolute Gasteiger partial charge is 0.407 e. The van der Waals surface area contributed by atoms with E-state index in [-0.39, 0.29) is 16.4 Å². The summed E-state index contributed by atoms with van der Waals surface area (Å²) >= 11 is 0. The molecule has 0 saturated carbocycles. The molecule has 1 heterocycles. The van der Waals surface area contributed by atoms with Gasteiger partial charge in [0.05, 0.1) is 10.7 Å². The SMILES string of the molecule is [2H]N1CC([2H])(C([2H])([2H])Oc2cc(C([2H])([2H])[2H])cc(C([2H])([2H])[2H])c2)OC1=O. The average Bonchev–Trinajstić information content (AvgIpc) is 2.71. The van der Waals surface area contributed by atoms with Gasteiger partial charge >= 0.3 is 6.09 Å². The van der Waals surface area contributed by atoms with Gasteiger partial charge in [0.1, 0.15) is 12.3 Å². The molecule has 0 bridgehead atoms. The van der Waals surface area contributed by atoms with Crippen LogP contribution in [0.2, 0.25) is 1.41 Å². The van der Waals surface area contributed by atoms with E-state index in [1.54, 1.807) is 0 Å². The zero-order valence-electron chi connectivity index (χ0n) is 18.1. The first-order valence-corrected chi connectivity index (χ1v) is 4.40. The Morgan fingerprint density at radius 2 is 2.44 bits per heavy atom. The van der Waals surface area contributed by atoms with Gasteiger partial charge in [-0.05, 0) is 37.0 Å². The first-order valence-electron chi connectivity index (χ1n) is 9.34. The summed E-state index contributed by atoms with van der Waals surface area (Å²) in [7, 11) is 0. The van der Waals surface area contributed by atoms with Crippen LogP contribution in [0.1, 0.15) is 23.5 Å². The van der Waals surface area contributed by atoms with Crippen LogP contribution in [0, 0.1) is 13.7 Å². The normalized spacial score (nSPS) is 36.0. The summed E-state index contributed by atoms with van der Waals surface area (Å²) in [6.45, 7) is -9.10. The number of nitrogens with one attached hydrogen (secondary N) is 1. The molecule has 1 aromatic rings. The van der Waals surface area contributed by atoms with Gasteiger partial charge in [-0.3, -0.25) is 0 Å². The minimum Gasteiger partial charge on any atom is -0.490 e. The number of hydrogen-bond acceptors (Lipinski definition) is 3. The number of hydrogen-bond donors (Lipinski definition) is 1. The molecule has 1 unspecified atom stereocenters. The molecule has 0 aliphatic carbocycles. The highest BCUT2D eigenvalue weighted by molar-refractivity contribution is 5.69. The van der Waals surface area contributed by atoms with Gasteiger partial charge in [-0.25, -0.2) is 4.79 Å². The second-order valence-corrected chi connectivity index (χ2v) is 3.06. The van der Waals surface area contributed by atoms with Crippen LogP contribution in [0.4, 0.5) is 4.79 Å². The fourth-order valence-electron chi connectivity index (χ4n) is 1.13. The van der Waals surface area contributed by atoms with Gasteiger partial charge in [0.15, 0.2) is 7.49 Å². The lowest BCUT2D eigenvalue weighted by Crippen LogP contribution is -2.21. The van der Waals surface area contributed by atoms with Crippen molar-refractivity contribution in [3.05, 3.63) is 29.3 Å². The molecule has 2 rings (SSSR count). The molecule has 4 nitrogen and oxygen atoms in total. The fourth-order valence-corrected chi connectivity index (χ4v) is 1.13. The molecule has 1 fully saturated rings. The topological polar surface area (TPSA) is 47.6 Å². The molecule has 1 aromatic carbocycles. The Labute approximate surface area is 109 Å². The molecule has 0 aromatic heterocycles. The van der Waals surface area contributed by atoms with E-state index in [4.69, 9.17) is 18.5 Å². The van der Waals surface area contributed by atoms with Gasteiger partial charge in [-0.2, -0.15) is 0 Å². The molecule has 0 spiro atoms. The number of amides is 1. The molecular weight excluding hydrogens is 206 g/mol. The van der Waals surface area contributed by atoms with Crippen molar-refractivity contribution in [1.82, 2.24) is 5.31 Å². The number of cyclic esters (lactones) is 1. The third kappa shape index (κ3) is 2.66. The first kappa shape index (κ1) is 3.95. The highest BCUT2D eigenvalue weighted by Gasteiger charge is 2.22. The van der Waals surface area contributed by atoms with Crippen LogP contribution in [0.25, 0.3) is 0 Å². The number of ether oxygens (including phenoxy) is 2. The molecule has 0 radical (unpaired) electrons. The van der Waals surface area contributed by atoms with E-state index in [2.05, 4.69) is 4.74 Å². The largest absolute Gasteiger partial charge is 0.490 e. The van der Waals surface area contributed by atoms with Crippen molar-refractivity contribution in [2.75, 3.05) is 13.1 Å². The van der Waals surface area contributed by atoms with Crippen molar-refractivity contribution < 1.29 is 28.0 Å². The van der Waals surface area contributed by atoms with Crippen LogP contribution in [-0.2, 0) is 4.74 Å². The molecule has 1 N–H and O–H groups in total. The molecule has 1 amide bonds. The summed E-state index contributed by atoms with van der Waals surface area (Å²) in [5.41, 5.74) is -0.775. The standard InChI is InChI=1S/C12H15NO3/c1-8-3-9(2)5-10(4-8)15-7-11-6-13-12(14)16-11/h3-5,11H,6-7H2,1-2H3,(H,13,14)/i1D3,2D3,7D2,11D/hD. The van der Waals surface area contributed by atoms with E-state index in [0.29, 0.717) is 0 Å². The Morgan fingerprint density at radius 1 is 1.69 bits per heavy atom. The van der Waals surface area contributed by atoms with Crippen molar-refractivity contribution in [1.29, 1.82) is 0 Å². The minimum absolute atomic E-state index is 0.237. The zero-order chi connectivity index (χ0) is 20.1. The molecule has 1 aliphatic rings. The molecular formula is C12H15NO3. The quantitative estimate of drug-likeness (QED) is 0.862. The average molecular weight is 231 g/mol. The van der Waals surface area contributed by atoms with Crippen LogP contribution in [-0.4, -0.2) is 25.3 Å². The van der Waals surface area contributed by atoms with E-state index in [9.17, 15) is 4.79 Å². The van der Waals surface area contributed by atoms with Gasteiger partial charge < -0.3 is 14.8 Å². The molecule has 1 aliphatic heterocycles. The molecule has 4 heteroatoms. The third-order valence-corrected chi connectivity index (χ3v) is 1.75. The van der Waals surface area contributed by atoms with Crippen LogP contribution in [0.5, 0.6) is 5.75 Å². The molecule has 16 heavy (non-hydrogen) atoms. The maximum absolute atomic E-state index is 11.3. The van der Waals surface area contributed by atoms with E-state index >= 15 is 0 Å². The number of benzene rings is 1. The maximum atomic E-state index is 11.3. The lowest BCUT2D eigenvalue weighted by molar-refractivity contribution is 0.105. The number of alkyl carbamates (subject to hydrolysis) is 1. The van der Waals surface area contributed by atoms with E-state index in [0.717, 1.165) is 18.2 Å². The summed E-state index contributed by atoms with van der Waals surface area (Å²) < 4.78 is 85.0. The monoisotopic (exact) mass is 231 g/mol. The first-order chi connectivity index (χ1) is 11.6. The Morgan fingerprint density at radius 3 is 3.00 bits per heavy atom. The van der Waals surface area contributed by atoms with E-state index in [1.165, 1.54) is 0 Å². The Kier molecular flexibility index (Phi) is 1.09. The van der Waals surface area contributed by atoms with Gasteiger partial charge in [0.2, 0.25) is 0 Å². The Balaban J connectivity index is 2.43. The fraction of sp³-hybridized carbons (Fsp3) is 0.417. The van der Waals surface area contributed by atoms with Crippen molar-refractivity contribution in [2.45, 2.75) is 19.8 Å². The summed E-state index contributed by atoms with van der Waals surface area (Å²) in [6, 6.07) is 2.80. The van der Waals surface area contributed by atoms with E-state index in [1.807, 2.05) is 0 Å². The van der Waals surface area contributed by atoms with Crippen molar-refractivity contribution in [3.63, 3.8) is 0 Å². The Hall–Kier alpha value is -1.71. The highest BCUT2D eigenvalue weighted by Crippen LogP contribution is 2.16. The molecule has 86 valence electrons. The van der Waals surface area contributed by atoms with Gasteiger partial charge in [-0.15, -0.1) is 0 Å². The molecule has 1 saturated heterocycles. The second kappa shape index (κ2) is 4.43. The number of rotatable bonds is 3. The number of carbonyl (C=O) groups excluding carboxylic acids is 1. The van der Waals surface area contributed by atoms with Gasteiger partial charge in [-0.1, -0.05) is 6.07 Å². The van der Waals surface area contributed by atoms with Crippen LogP contribution in [0.3, 0.4) is 0 Å². The van der Waals surface area contributed by atoms with Crippen molar-refractivity contribution >= 4 is 6.09 Å². The Bertz CT molecular complexity index is 684. The lowest BCUT2D eigenvalue weighted by Gasteiger charge is -2.11. The van der Waals surface area contributed by atoms with E-state index < -0.39 is 44.7 Å². The molecule has 1 atom stereocenters. The summed E-state index contributed by atoms with van der Waals surface area (Å²) in [6.07, 6.45) is -3.84. The second-order valence-electron chi connectivity index (χ2n) is 3.06. The van der Waals surface area contributed by atoms with Crippen LogP contribution < -0.4 is 10.0 Å². The van der Waals surface area contributed by atoms with Gasteiger partial charge in [0, 0.05) is 8.22 Å². The number of carbonyl (C=O) groups is 1. The third-order valence-electron chi connectivity index (χ3n) is 1.75. The van der Waals surface area contributed by atoms with Crippen LogP contribution >= 0.6 is 0 Å². The summed E-state index contributed by atoms with van der Waals surface area (Å²) in [5, 5.41) is 0.237. The highest BCUT2D eigenvalue weighted by atomic mass is 16.6. The lowest BCUT2D eigenvalue weighted by atomic mass is 10.1. The maximum Gasteiger partial charge on any atom is 0.407 e.